The molecule has 0 saturated heterocycles. The molecule has 12 rings (SSSR count). The van der Waals surface area contributed by atoms with Gasteiger partial charge in [0.15, 0.2) is 0 Å². The molecule has 3 heterocycles. The van der Waals surface area contributed by atoms with Crippen molar-refractivity contribution < 1.29 is 37.8 Å². The molecule has 0 spiro atoms. The van der Waals surface area contributed by atoms with Gasteiger partial charge in [0.2, 0.25) is 11.8 Å². The van der Waals surface area contributed by atoms with E-state index >= 15 is 0 Å². The molecule has 0 fully saturated rings. The molecule has 0 aliphatic carbocycles. The Labute approximate surface area is 455 Å². The molecule has 10 aromatic rings. The van der Waals surface area contributed by atoms with Crippen LogP contribution in [0.1, 0.15) is 89.0 Å². The van der Waals surface area contributed by atoms with Crippen molar-refractivity contribution in [2.75, 3.05) is 23.9 Å². The maximum Gasteiger partial charge on any atom is 0.266 e. The molecular weight excluding hydrogens is 991 g/mol. The summed E-state index contributed by atoms with van der Waals surface area (Å²) in [6.45, 7) is 4.25. The van der Waals surface area contributed by atoms with Gasteiger partial charge in [-0.2, -0.15) is 0 Å². The Morgan fingerprint density at radius 3 is 1.42 bits per heavy atom. The first-order valence-corrected chi connectivity index (χ1v) is 25.6. The molecule has 1 N–H and O–H groups in total. The highest BCUT2D eigenvalue weighted by atomic mass is 16.5. The van der Waals surface area contributed by atoms with E-state index in [0.717, 1.165) is 44.6 Å². The van der Waals surface area contributed by atoms with Gasteiger partial charge >= 0.3 is 0 Å². The highest BCUT2D eigenvalue weighted by Crippen LogP contribution is 2.39. The third-order valence-corrected chi connectivity index (χ3v) is 14.4. The lowest BCUT2D eigenvalue weighted by Crippen LogP contribution is -2.29. The van der Waals surface area contributed by atoms with E-state index < -0.39 is 29.0 Å². The Hall–Kier alpha value is -10.4. The van der Waals surface area contributed by atoms with Gasteiger partial charge in [0.05, 0.1) is 27.9 Å². The molecule has 4 amide bonds. The first kappa shape index (κ1) is 49.5. The van der Waals surface area contributed by atoms with Crippen molar-refractivity contribution in [2.24, 2.45) is 0 Å². The average Bonchev–Trinajstić information content (AvgIpc) is 4.31. The maximum absolute atomic E-state index is 14.1. The number of hydrogen-bond acceptors (Lipinski definition) is 11. The molecule has 1 atom stereocenters. The molecule has 0 bridgehead atoms. The van der Waals surface area contributed by atoms with Gasteiger partial charge in [-0.1, -0.05) is 92.7 Å². The fourth-order valence-corrected chi connectivity index (χ4v) is 9.97. The van der Waals surface area contributed by atoms with Crippen LogP contribution in [-0.2, 0) is 5.41 Å². The van der Waals surface area contributed by atoms with Crippen LogP contribution in [0.2, 0.25) is 0 Å². The second-order valence-electron chi connectivity index (χ2n) is 20.0. The summed E-state index contributed by atoms with van der Waals surface area (Å²) in [5.41, 5.74) is 9.11. The summed E-state index contributed by atoms with van der Waals surface area (Å²) >= 11 is 0. The molecule has 386 valence electrons. The Bertz CT molecular complexity index is 3950. The minimum atomic E-state index is -0.439. The van der Waals surface area contributed by atoms with Crippen molar-refractivity contribution in [3.05, 3.63) is 262 Å². The number of imide groups is 2. The Morgan fingerprint density at radius 1 is 0.456 bits per heavy atom. The molecule has 1 aromatic heterocycles. The van der Waals surface area contributed by atoms with Gasteiger partial charge in [0, 0.05) is 42.2 Å². The Morgan fingerprint density at radius 2 is 0.873 bits per heavy atom. The second kappa shape index (κ2) is 20.3. The number of benzene rings is 9. The number of hydrogen-bond donors (Lipinski definition) is 1. The summed E-state index contributed by atoms with van der Waals surface area (Å²) in [5.74, 6) is 2.35. The highest BCUT2D eigenvalue weighted by molar-refractivity contribution is 6.34. The topological polar surface area (TPSA) is 153 Å². The van der Waals surface area contributed by atoms with Gasteiger partial charge in [0.25, 0.3) is 23.6 Å². The lowest BCUT2D eigenvalue weighted by molar-refractivity contribution is 0.0874. The first-order valence-electron chi connectivity index (χ1n) is 25.6. The molecule has 0 radical (unpaired) electrons. The number of anilines is 2. The number of ether oxygens (including phenoxy) is 3. The maximum atomic E-state index is 14.1. The highest BCUT2D eigenvalue weighted by Gasteiger charge is 2.37. The standard InChI is InChI=1S/C66H49N5O8/c1-66(2,45-18-30-51(31-19-45)77-53-34-36-55-57(38-53)61(73)67-60(55)72)46-20-32-52(33-21-46)78-54-35-37-56-58(39-54)65(75)71(64(56)74)48-24-10-41(11-25-48)59(40-8-6-5-7-9-40)42-14-26-49(27-15-42)76-50-28-16-44(17-29-50)63-69-68-62(79-63)43-12-22-47(23-13-43)70(3)4/h5-39,59H,1-4H3,(H,67,72,73). The quantitative estimate of drug-likeness (QED) is 0.0771. The number of carbonyl (C=O) groups excluding carboxylic acids is 4. The van der Waals surface area contributed by atoms with Crippen molar-refractivity contribution in [3.8, 4) is 57.4 Å². The minimum Gasteiger partial charge on any atom is -0.457 e. The van der Waals surface area contributed by atoms with Crippen LogP contribution in [0.5, 0.6) is 34.5 Å². The fourth-order valence-electron chi connectivity index (χ4n) is 9.97. The third-order valence-electron chi connectivity index (χ3n) is 14.4. The Balaban J connectivity index is 0.691. The van der Waals surface area contributed by atoms with Crippen LogP contribution in [0.25, 0.3) is 22.9 Å². The number of fused-ring (bicyclic) bond motifs is 2. The summed E-state index contributed by atoms with van der Waals surface area (Å²) in [6, 6.07) is 66.4. The van der Waals surface area contributed by atoms with Gasteiger partial charge in [-0.15, -0.1) is 10.2 Å². The molecule has 0 saturated carbocycles. The van der Waals surface area contributed by atoms with E-state index in [9.17, 15) is 19.2 Å². The Kier molecular flexibility index (Phi) is 12.7. The average molecular weight is 1040 g/mol. The zero-order valence-corrected chi connectivity index (χ0v) is 43.3. The van der Waals surface area contributed by atoms with E-state index in [2.05, 4.69) is 41.5 Å². The van der Waals surface area contributed by atoms with Crippen molar-refractivity contribution in [1.29, 1.82) is 0 Å². The monoisotopic (exact) mass is 1040 g/mol. The largest absolute Gasteiger partial charge is 0.457 e. The molecular formula is C66H49N5O8. The minimum absolute atomic E-state index is 0.159. The number of amides is 4. The van der Waals surface area contributed by atoms with E-state index in [1.54, 1.807) is 36.4 Å². The number of rotatable bonds is 15. The molecule has 13 heteroatoms. The van der Waals surface area contributed by atoms with E-state index in [1.807, 2.05) is 183 Å². The van der Waals surface area contributed by atoms with Gasteiger partial charge in [-0.05, 0) is 161 Å². The van der Waals surface area contributed by atoms with Crippen molar-refractivity contribution in [3.63, 3.8) is 0 Å². The van der Waals surface area contributed by atoms with Crippen LogP contribution >= 0.6 is 0 Å². The predicted octanol–water partition coefficient (Wildman–Crippen LogP) is 14.0. The molecule has 79 heavy (non-hydrogen) atoms. The van der Waals surface area contributed by atoms with Gasteiger partial charge in [0.1, 0.15) is 34.5 Å². The predicted molar refractivity (Wildman–Crippen MR) is 301 cm³/mol. The summed E-state index contributed by atoms with van der Waals surface area (Å²) in [5, 5.41) is 10.8. The normalized spacial score (nSPS) is 13.2. The van der Waals surface area contributed by atoms with Crippen LogP contribution in [0.3, 0.4) is 0 Å². The lowest BCUT2D eigenvalue weighted by atomic mass is 9.78. The number of aromatic nitrogens is 2. The number of carbonyl (C=O) groups is 4. The van der Waals surface area contributed by atoms with E-state index in [-0.39, 0.29) is 11.5 Å². The molecule has 13 nitrogen and oxygen atoms in total. The van der Waals surface area contributed by atoms with Crippen molar-refractivity contribution >= 4 is 35.0 Å². The van der Waals surface area contributed by atoms with E-state index in [1.165, 1.54) is 4.90 Å². The van der Waals surface area contributed by atoms with E-state index in [4.69, 9.17) is 18.6 Å². The summed E-state index contributed by atoms with van der Waals surface area (Å²) < 4.78 is 24.6. The number of nitrogens with zero attached hydrogens (tertiary/aromatic N) is 4. The third kappa shape index (κ3) is 9.77. The zero-order valence-electron chi connectivity index (χ0n) is 43.3. The summed E-state index contributed by atoms with van der Waals surface area (Å²) in [6.07, 6.45) is 0. The molecule has 1 unspecified atom stereocenters. The van der Waals surface area contributed by atoms with Crippen LogP contribution in [0, 0.1) is 0 Å². The van der Waals surface area contributed by atoms with Crippen LogP contribution in [0.4, 0.5) is 11.4 Å². The summed E-state index contributed by atoms with van der Waals surface area (Å²) in [4.78, 5) is 55.3. The zero-order chi connectivity index (χ0) is 54.4. The lowest BCUT2D eigenvalue weighted by Gasteiger charge is -2.26. The van der Waals surface area contributed by atoms with Gasteiger partial charge in [-0.3, -0.25) is 24.5 Å². The van der Waals surface area contributed by atoms with Crippen LogP contribution in [-0.4, -0.2) is 47.9 Å². The van der Waals surface area contributed by atoms with E-state index in [0.29, 0.717) is 68.7 Å². The molecule has 2 aliphatic heterocycles. The van der Waals surface area contributed by atoms with Crippen molar-refractivity contribution in [2.45, 2.75) is 25.2 Å². The first-order chi connectivity index (χ1) is 38.3. The van der Waals surface area contributed by atoms with Gasteiger partial charge in [-0.25, -0.2) is 4.90 Å². The number of nitrogens with one attached hydrogen (secondary N) is 1. The van der Waals surface area contributed by atoms with Crippen molar-refractivity contribution in [1.82, 2.24) is 15.5 Å². The second-order valence-corrected chi connectivity index (χ2v) is 20.0. The van der Waals surface area contributed by atoms with Crippen LogP contribution < -0.4 is 29.3 Å². The fraction of sp³-hybridized carbons (Fsp3) is 0.0909. The summed E-state index contributed by atoms with van der Waals surface area (Å²) in [7, 11) is 3.98. The van der Waals surface area contributed by atoms with Gasteiger partial charge < -0.3 is 23.5 Å². The molecule has 2 aliphatic rings. The van der Waals surface area contributed by atoms with Crippen LogP contribution in [0.15, 0.2) is 217 Å². The molecule has 9 aromatic carbocycles. The SMILES string of the molecule is CN(C)c1ccc(-c2nnc(-c3ccc(Oc4ccc(C(c5ccccc5)c5ccc(N6C(=O)c7ccc(Oc8ccc(C(C)(C)c9ccc(Oc%10ccc%11c(c%10)C(=O)NC%11=O)cc9)cc8)cc7C6=O)cc5)cc4)cc3)o2)cc1. The smallest absolute Gasteiger partial charge is 0.266 e.